The summed E-state index contributed by atoms with van der Waals surface area (Å²) in [5.41, 5.74) is 2.29. The molecule has 1 aromatic carbocycles. The molecule has 1 N–H and O–H groups in total. The summed E-state index contributed by atoms with van der Waals surface area (Å²) in [6, 6.07) is 7.86. The molecule has 104 valence electrons. The monoisotopic (exact) mass is 270 g/mol. The van der Waals surface area contributed by atoms with Crippen LogP contribution in [0.25, 0.3) is 6.08 Å². The normalized spacial score (nSPS) is 17.4. The highest BCUT2D eigenvalue weighted by atomic mass is 16.5. The molecule has 3 heteroatoms. The largest absolute Gasteiger partial charge is 0.483 e. The lowest BCUT2D eigenvalue weighted by Crippen LogP contribution is -2.32. The average molecular weight is 270 g/mol. The first-order valence-electron chi connectivity index (χ1n) is 6.48. The number of benzene rings is 1. The Morgan fingerprint density at radius 1 is 1.30 bits per heavy atom. The Kier molecular flexibility index (Phi) is 3.79. The Morgan fingerprint density at radius 2 is 2.00 bits per heavy atom. The fourth-order valence-corrected chi connectivity index (χ4v) is 2.08. The number of aliphatic carboxylic acids is 1. The molecule has 0 amide bonds. The molecule has 1 aliphatic rings. The van der Waals surface area contributed by atoms with Crippen molar-refractivity contribution in [2.24, 2.45) is 0 Å². The third-order valence-corrected chi connectivity index (χ3v) is 3.17. The van der Waals surface area contributed by atoms with Gasteiger partial charge in [-0.3, -0.25) is 0 Å². The second kappa shape index (κ2) is 5.37. The van der Waals surface area contributed by atoms with Crippen LogP contribution in [0.5, 0.6) is 5.75 Å². The van der Waals surface area contributed by atoms with Crippen LogP contribution >= 0.6 is 0 Å². The molecule has 3 nitrogen and oxygen atoms in total. The lowest BCUT2D eigenvalue weighted by molar-refractivity contribution is -0.131. The highest BCUT2D eigenvalue weighted by Crippen LogP contribution is 2.35. The first-order valence-corrected chi connectivity index (χ1v) is 6.48. The summed E-state index contributed by atoms with van der Waals surface area (Å²) in [5, 5.41) is 8.70. The summed E-state index contributed by atoms with van der Waals surface area (Å²) in [6.07, 6.45) is 6.95. The van der Waals surface area contributed by atoms with Gasteiger partial charge in [0.25, 0.3) is 0 Å². The van der Waals surface area contributed by atoms with E-state index in [1.807, 2.05) is 44.2 Å². The van der Waals surface area contributed by atoms with E-state index < -0.39 is 11.6 Å². The molecule has 20 heavy (non-hydrogen) atoms. The van der Waals surface area contributed by atoms with Gasteiger partial charge in [0.2, 0.25) is 0 Å². The first-order chi connectivity index (χ1) is 9.38. The van der Waals surface area contributed by atoms with Gasteiger partial charge in [0.1, 0.15) is 11.4 Å². The van der Waals surface area contributed by atoms with Crippen LogP contribution in [-0.4, -0.2) is 16.7 Å². The molecular formula is C17H18O3. The molecule has 1 aliphatic heterocycles. The van der Waals surface area contributed by atoms with Gasteiger partial charge in [0.15, 0.2) is 0 Å². The minimum Gasteiger partial charge on any atom is -0.483 e. The molecule has 0 saturated heterocycles. The Balaban J connectivity index is 2.33. The molecule has 0 atom stereocenters. The van der Waals surface area contributed by atoms with Crippen LogP contribution in [0.3, 0.4) is 0 Å². The number of hydrogen-bond donors (Lipinski definition) is 1. The van der Waals surface area contributed by atoms with Crippen molar-refractivity contribution in [3.8, 4) is 5.75 Å². The number of carbonyl (C=O) groups is 1. The number of rotatable bonds is 3. The van der Waals surface area contributed by atoms with Crippen LogP contribution in [0.15, 0.2) is 53.6 Å². The van der Waals surface area contributed by atoms with Crippen LogP contribution in [-0.2, 0) is 4.79 Å². The van der Waals surface area contributed by atoms with Crippen LogP contribution in [0.1, 0.15) is 26.3 Å². The number of ether oxygens (including phenoxy) is 1. The van der Waals surface area contributed by atoms with Gasteiger partial charge in [0, 0.05) is 11.6 Å². The molecule has 0 aromatic heterocycles. The number of hydrogen-bond acceptors (Lipinski definition) is 2. The van der Waals surface area contributed by atoms with E-state index in [1.54, 1.807) is 13.0 Å². The first kappa shape index (κ1) is 14.1. The zero-order chi connectivity index (χ0) is 14.8. The maximum absolute atomic E-state index is 10.6. The van der Waals surface area contributed by atoms with E-state index in [9.17, 15) is 4.79 Å². The van der Waals surface area contributed by atoms with Crippen LogP contribution in [0.2, 0.25) is 0 Å². The zero-order valence-corrected chi connectivity index (χ0v) is 11.9. The lowest BCUT2D eigenvalue weighted by atomic mass is 9.91. The highest BCUT2D eigenvalue weighted by Gasteiger charge is 2.28. The fraction of sp³-hybridized carbons (Fsp3) is 0.235. The van der Waals surface area contributed by atoms with E-state index in [-0.39, 0.29) is 0 Å². The number of carboxylic acid groups (broad SMARTS) is 1. The van der Waals surface area contributed by atoms with E-state index >= 15 is 0 Å². The minimum absolute atomic E-state index is 0.436. The fourth-order valence-electron chi connectivity index (χ4n) is 2.08. The molecule has 2 rings (SSSR count). The topological polar surface area (TPSA) is 46.5 Å². The van der Waals surface area contributed by atoms with Gasteiger partial charge in [-0.25, -0.2) is 4.79 Å². The second-order valence-electron chi connectivity index (χ2n) is 5.31. The molecule has 0 fully saturated rings. The van der Waals surface area contributed by atoms with Crippen molar-refractivity contribution in [3.63, 3.8) is 0 Å². The lowest BCUT2D eigenvalue weighted by Gasteiger charge is -2.32. The Morgan fingerprint density at radius 3 is 2.70 bits per heavy atom. The summed E-state index contributed by atoms with van der Waals surface area (Å²) in [6.45, 7) is 5.75. The van der Waals surface area contributed by atoms with Crippen LogP contribution in [0, 0.1) is 0 Å². The van der Waals surface area contributed by atoms with Crippen LogP contribution in [0.4, 0.5) is 0 Å². The van der Waals surface area contributed by atoms with E-state index in [4.69, 9.17) is 9.84 Å². The van der Waals surface area contributed by atoms with E-state index in [1.165, 1.54) is 6.08 Å². The van der Waals surface area contributed by atoms with Gasteiger partial charge >= 0.3 is 5.97 Å². The molecule has 0 bridgehead atoms. The van der Waals surface area contributed by atoms with Crippen molar-refractivity contribution in [3.05, 3.63) is 59.2 Å². The van der Waals surface area contributed by atoms with Gasteiger partial charge in [-0.2, -0.15) is 0 Å². The van der Waals surface area contributed by atoms with Gasteiger partial charge in [-0.05, 0) is 44.1 Å². The van der Waals surface area contributed by atoms with Crippen molar-refractivity contribution in [2.45, 2.75) is 26.4 Å². The standard InChI is InChI=1S/C17H18O3/c1-12(10-16(18)19)8-9-14-11-13-6-4-5-7-15(13)20-17(14,2)3/h4-11H,1-3H3,(H,18,19)/b9-8+,12-10-. The third kappa shape index (κ3) is 3.18. The Bertz CT molecular complexity index is 619. The molecule has 0 radical (unpaired) electrons. The van der Waals surface area contributed by atoms with E-state index in [2.05, 4.69) is 6.08 Å². The van der Waals surface area contributed by atoms with Gasteiger partial charge < -0.3 is 9.84 Å². The van der Waals surface area contributed by atoms with Crippen molar-refractivity contribution < 1.29 is 14.6 Å². The van der Waals surface area contributed by atoms with E-state index in [0.29, 0.717) is 5.57 Å². The molecule has 1 aromatic rings. The van der Waals surface area contributed by atoms with Crippen LogP contribution < -0.4 is 4.74 Å². The summed E-state index contributed by atoms with van der Waals surface area (Å²) < 4.78 is 5.99. The van der Waals surface area contributed by atoms with Crippen molar-refractivity contribution in [1.82, 2.24) is 0 Å². The third-order valence-electron chi connectivity index (χ3n) is 3.17. The number of para-hydroxylation sites is 1. The van der Waals surface area contributed by atoms with Crippen molar-refractivity contribution in [2.75, 3.05) is 0 Å². The van der Waals surface area contributed by atoms with E-state index in [0.717, 1.165) is 16.9 Å². The smallest absolute Gasteiger partial charge is 0.328 e. The number of allylic oxidation sites excluding steroid dienone is 2. The molecule has 0 spiro atoms. The summed E-state index contributed by atoms with van der Waals surface area (Å²) >= 11 is 0. The average Bonchev–Trinajstić information content (AvgIpc) is 2.34. The summed E-state index contributed by atoms with van der Waals surface area (Å²) in [7, 11) is 0. The van der Waals surface area contributed by atoms with Crippen molar-refractivity contribution >= 4 is 12.0 Å². The molecule has 1 heterocycles. The predicted molar refractivity (Wildman–Crippen MR) is 79.7 cm³/mol. The minimum atomic E-state index is -0.939. The molecule has 0 saturated carbocycles. The summed E-state index contributed by atoms with van der Waals surface area (Å²) in [5.74, 6) is -0.0712. The number of carboxylic acids is 1. The maximum Gasteiger partial charge on any atom is 0.328 e. The Labute approximate surface area is 118 Å². The van der Waals surface area contributed by atoms with Crippen molar-refractivity contribution in [1.29, 1.82) is 0 Å². The van der Waals surface area contributed by atoms with Gasteiger partial charge in [0.05, 0.1) is 0 Å². The number of fused-ring (bicyclic) bond motifs is 1. The highest BCUT2D eigenvalue weighted by molar-refractivity contribution is 5.81. The quantitative estimate of drug-likeness (QED) is 0.670. The van der Waals surface area contributed by atoms with Gasteiger partial charge in [-0.15, -0.1) is 0 Å². The summed E-state index contributed by atoms with van der Waals surface area (Å²) in [4.78, 5) is 10.6. The molecule has 0 unspecified atom stereocenters. The molecule has 0 aliphatic carbocycles. The molecular weight excluding hydrogens is 252 g/mol. The Hall–Kier alpha value is -2.29. The maximum atomic E-state index is 10.6. The predicted octanol–water partition coefficient (Wildman–Crippen LogP) is 3.83. The second-order valence-corrected chi connectivity index (χ2v) is 5.31. The SMILES string of the molecule is CC(=C/C(=O)O)/C=C/C1=Cc2ccccc2OC1(C)C. The zero-order valence-electron chi connectivity index (χ0n) is 11.9. The van der Waals surface area contributed by atoms with Gasteiger partial charge in [-0.1, -0.05) is 30.4 Å².